The van der Waals surface area contributed by atoms with Crippen molar-refractivity contribution in [3.05, 3.63) is 0 Å². The van der Waals surface area contributed by atoms with Crippen LogP contribution in [0.15, 0.2) is 0 Å². The van der Waals surface area contributed by atoms with E-state index in [1.54, 1.807) is 0 Å². The van der Waals surface area contributed by atoms with Gasteiger partial charge < -0.3 is 41.4 Å². The Morgan fingerprint density at radius 2 is 0.854 bits per heavy atom. The largest absolute Gasteiger partial charge is 0.363 e. The summed E-state index contributed by atoms with van der Waals surface area (Å²) in [5, 5.41) is 17.0. The van der Waals surface area contributed by atoms with Gasteiger partial charge in [-0.05, 0) is 62.2 Å². The second-order valence-corrected chi connectivity index (χ2v) is 15.0. The predicted octanol–water partition coefficient (Wildman–Crippen LogP) is 0.671. The molecule has 14 nitrogen and oxygen atoms in total. The Balaban J connectivity index is 1.84. The summed E-state index contributed by atoms with van der Waals surface area (Å²) >= 11 is 0. The van der Waals surface area contributed by atoms with E-state index in [-0.39, 0.29) is 36.8 Å². The van der Waals surface area contributed by atoms with Gasteiger partial charge in [0.25, 0.3) is 0 Å². The molecule has 48 heavy (non-hydrogen) atoms. The van der Waals surface area contributed by atoms with Crippen LogP contribution in [0, 0.1) is 23.7 Å². The van der Waals surface area contributed by atoms with Crippen LogP contribution in [0.4, 0.5) is 0 Å². The summed E-state index contributed by atoms with van der Waals surface area (Å²) in [5.74, 6) is -2.92. The molecule has 0 unspecified atom stereocenters. The zero-order valence-corrected chi connectivity index (χ0v) is 29.9. The van der Waals surface area contributed by atoms with Gasteiger partial charge in [-0.1, -0.05) is 55.4 Å². The third-order valence-corrected chi connectivity index (χ3v) is 8.98. The number of rotatable bonds is 6. The molecule has 0 saturated carbocycles. The van der Waals surface area contributed by atoms with Gasteiger partial charge in [0.15, 0.2) is 0 Å². The molecule has 0 aliphatic carbocycles. The number of carbonyl (C=O) groups excluding carboxylic acids is 6. The minimum Gasteiger partial charge on any atom is -0.363 e. The van der Waals surface area contributed by atoms with Gasteiger partial charge in [-0.2, -0.15) is 0 Å². The normalized spacial score (nSPS) is 32.0. The topological polar surface area (TPSA) is 193 Å². The molecule has 3 fully saturated rings. The predicted molar refractivity (Wildman–Crippen MR) is 178 cm³/mol. The first-order valence-corrected chi connectivity index (χ1v) is 17.6. The molecule has 3 aliphatic rings. The Hall–Kier alpha value is -3.26. The molecular weight excluding hydrogens is 620 g/mol. The van der Waals surface area contributed by atoms with Crippen LogP contribution in [0.25, 0.3) is 0 Å². The van der Waals surface area contributed by atoms with Gasteiger partial charge in [0, 0.05) is 13.1 Å². The van der Waals surface area contributed by atoms with E-state index in [2.05, 4.69) is 31.9 Å². The second-order valence-electron chi connectivity index (χ2n) is 15.0. The van der Waals surface area contributed by atoms with E-state index in [4.69, 9.17) is 9.47 Å². The summed E-state index contributed by atoms with van der Waals surface area (Å²) < 4.78 is 11.9. The zero-order chi connectivity index (χ0) is 35.7. The molecule has 0 aromatic heterocycles. The first-order chi connectivity index (χ1) is 22.5. The van der Waals surface area contributed by atoms with Crippen molar-refractivity contribution >= 4 is 35.4 Å². The number of fused-ring (bicyclic) bond motifs is 4. The number of amides is 6. The average Bonchev–Trinajstić information content (AvgIpc) is 3.68. The molecule has 0 spiro atoms. The average molecular weight is 679 g/mol. The molecule has 14 heteroatoms. The summed E-state index contributed by atoms with van der Waals surface area (Å²) in [6.07, 6.45) is 0.0735. The molecule has 3 saturated heterocycles. The molecule has 4 bridgehead atoms. The highest BCUT2D eigenvalue weighted by atomic mass is 16.5. The Kier molecular flexibility index (Phi) is 14.6. The van der Waals surface area contributed by atoms with Gasteiger partial charge in [0.2, 0.25) is 35.4 Å². The van der Waals surface area contributed by atoms with Crippen molar-refractivity contribution in [1.29, 1.82) is 0 Å². The minimum atomic E-state index is -0.883. The van der Waals surface area contributed by atoms with Crippen LogP contribution in [0.3, 0.4) is 0 Å². The smallest absolute Gasteiger partial charge is 0.249 e. The van der Waals surface area contributed by atoms with E-state index < -0.39 is 84.0 Å². The molecule has 6 amide bonds. The quantitative estimate of drug-likeness (QED) is 0.236. The maximum atomic E-state index is 13.5. The van der Waals surface area contributed by atoms with Gasteiger partial charge in [0.1, 0.15) is 36.4 Å². The van der Waals surface area contributed by atoms with E-state index in [9.17, 15) is 28.8 Å². The van der Waals surface area contributed by atoms with E-state index in [1.165, 1.54) is 0 Å². The Labute approximate surface area is 284 Å². The van der Waals surface area contributed by atoms with Crippen LogP contribution in [0.5, 0.6) is 0 Å². The lowest BCUT2D eigenvalue weighted by molar-refractivity contribution is -0.138. The highest BCUT2D eigenvalue weighted by molar-refractivity contribution is 5.94. The standard InChI is InChI=1S/C34H58N6O8/c1-17(2)13-23-29(41)39-27(19(5)6)33(45)35-16-22-10-12-26(48-22)32(44)38-24(14-18(3)4)30(42)40-28(20(7)8)34(46)36-15-21-9-11-25(47-21)31(43)37-23/h17-28H,9-16H2,1-8H3,(H,35,45)(H,36,46)(H,37,43)(H,38,44)(H,39,41)(H,40,42)/t21-,22-,23+,24+,25-,26-,27+,28+/m1/s1. The Morgan fingerprint density at radius 1 is 0.500 bits per heavy atom. The van der Waals surface area contributed by atoms with Gasteiger partial charge in [-0.15, -0.1) is 0 Å². The highest BCUT2D eigenvalue weighted by Crippen LogP contribution is 2.22. The SMILES string of the molecule is CC(C)C[C@@H]1NC(=O)[C@H]2CC[C@H](CNC(=O)[C@H](C(C)C)NC(=O)[C@H](CC(C)C)NC(=O)[C@H]3CC[C@H](CNC(=O)[C@H](C(C)C)NC1=O)O3)O2. The second kappa shape index (κ2) is 17.9. The van der Waals surface area contributed by atoms with Crippen molar-refractivity contribution in [2.45, 2.75) is 142 Å². The number of carbonyl (C=O) groups is 6. The number of hydrogen-bond acceptors (Lipinski definition) is 8. The summed E-state index contributed by atoms with van der Waals surface area (Å²) in [6, 6.07) is -3.50. The van der Waals surface area contributed by atoms with Crippen LogP contribution in [0.2, 0.25) is 0 Å². The van der Waals surface area contributed by atoms with E-state index in [1.807, 2.05) is 55.4 Å². The summed E-state index contributed by atoms with van der Waals surface area (Å²) in [7, 11) is 0. The third-order valence-electron chi connectivity index (χ3n) is 8.98. The van der Waals surface area contributed by atoms with E-state index in [0.717, 1.165) is 0 Å². The molecule has 0 aromatic rings. The summed E-state index contributed by atoms with van der Waals surface area (Å²) in [6.45, 7) is 15.3. The lowest BCUT2D eigenvalue weighted by Gasteiger charge is -2.28. The maximum Gasteiger partial charge on any atom is 0.249 e. The molecule has 8 atom stereocenters. The van der Waals surface area contributed by atoms with Gasteiger partial charge in [-0.3, -0.25) is 28.8 Å². The van der Waals surface area contributed by atoms with Crippen molar-refractivity contribution in [2.75, 3.05) is 13.1 Å². The molecular formula is C34H58N6O8. The first kappa shape index (κ1) is 39.2. The fourth-order valence-electron chi connectivity index (χ4n) is 6.26. The fourth-order valence-corrected chi connectivity index (χ4v) is 6.26. The van der Waals surface area contributed by atoms with Crippen molar-refractivity contribution in [3.63, 3.8) is 0 Å². The molecule has 3 rings (SSSR count). The first-order valence-electron chi connectivity index (χ1n) is 17.6. The Morgan fingerprint density at radius 3 is 1.17 bits per heavy atom. The number of nitrogens with one attached hydrogen (secondary N) is 6. The molecule has 3 aliphatic heterocycles. The molecule has 272 valence electrons. The van der Waals surface area contributed by atoms with E-state index in [0.29, 0.717) is 38.5 Å². The van der Waals surface area contributed by atoms with Crippen molar-refractivity contribution in [3.8, 4) is 0 Å². The van der Waals surface area contributed by atoms with Gasteiger partial charge >= 0.3 is 0 Å². The zero-order valence-electron chi connectivity index (χ0n) is 29.9. The van der Waals surface area contributed by atoms with Crippen LogP contribution >= 0.6 is 0 Å². The Bertz CT molecular complexity index is 1070. The third kappa shape index (κ3) is 11.4. The molecule has 0 radical (unpaired) electrons. The van der Waals surface area contributed by atoms with Crippen LogP contribution in [0.1, 0.15) is 93.9 Å². The summed E-state index contributed by atoms with van der Waals surface area (Å²) in [5.41, 5.74) is 0. The maximum absolute atomic E-state index is 13.5. The van der Waals surface area contributed by atoms with E-state index >= 15 is 0 Å². The highest BCUT2D eigenvalue weighted by Gasteiger charge is 2.38. The molecule has 3 heterocycles. The lowest BCUT2D eigenvalue weighted by Crippen LogP contribution is -2.57. The van der Waals surface area contributed by atoms with Gasteiger partial charge in [0.05, 0.1) is 12.2 Å². The van der Waals surface area contributed by atoms with Crippen LogP contribution in [-0.2, 0) is 38.2 Å². The van der Waals surface area contributed by atoms with Crippen LogP contribution < -0.4 is 31.9 Å². The van der Waals surface area contributed by atoms with Crippen LogP contribution in [-0.4, -0.2) is 97.1 Å². The van der Waals surface area contributed by atoms with Gasteiger partial charge in [-0.25, -0.2) is 0 Å². The summed E-state index contributed by atoms with van der Waals surface area (Å²) in [4.78, 5) is 80.1. The molecule has 0 aromatic carbocycles. The minimum absolute atomic E-state index is 0.0754. The lowest BCUT2D eigenvalue weighted by atomic mass is 9.99. The van der Waals surface area contributed by atoms with Crippen molar-refractivity contribution in [2.24, 2.45) is 23.7 Å². The number of ether oxygens (including phenoxy) is 2. The fraction of sp³-hybridized carbons (Fsp3) is 0.824. The molecule has 6 N–H and O–H groups in total. The number of hydrogen-bond donors (Lipinski definition) is 6. The monoisotopic (exact) mass is 678 g/mol. The van der Waals surface area contributed by atoms with Crippen molar-refractivity contribution < 1.29 is 38.2 Å². The van der Waals surface area contributed by atoms with Crippen molar-refractivity contribution in [1.82, 2.24) is 31.9 Å².